The van der Waals surface area contributed by atoms with Crippen LogP contribution in [0, 0.1) is 0 Å². The molecule has 2 N–H and O–H groups in total. The molecule has 1 aromatic carbocycles. The van der Waals surface area contributed by atoms with Gasteiger partial charge in [0.15, 0.2) is 0 Å². The molecule has 0 spiro atoms. The summed E-state index contributed by atoms with van der Waals surface area (Å²) < 4.78 is 0. The van der Waals surface area contributed by atoms with E-state index in [1.54, 1.807) is 19.1 Å². The summed E-state index contributed by atoms with van der Waals surface area (Å²) in [6.07, 6.45) is 0. The van der Waals surface area contributed by atoms with Gasteiger partial charge in [-0.15, -0.1) is 0 Å². The fraction of sp³-hybridized carbons (Fsp3) is 0.333. The van der Waals surface area contributed by atoms with Gasteiger partial charge in [-0.1, -0.05) is 30.1 Å². The Morgan fingerprint density at radius 3 is 2.47 bits per heavy atom. The fourth-order valence-corrected chi connectivity index (χ4v) is 1.75. The molecule has 1 amide bonds. The van der Waals surface area contributed by atoms with E-state index in [9.17, 15) is 9.59 Å². The highest BCUT2D eigenvalue weighted by molar-refractivity contribution is 6.42. The van der Waals surface area contributed by atoms with Crippen molar-refractivity contribution in [1.29, 1.82) is 0 Å². The first-order valence-electron chi connectivity index (χ1n) is 5.61. The topological polar surface area (TPSA) is 69.6 Å². The van der Waals surface area contributed by atoms with Gasteiger partial charge >= 0.3 is 5.97 Å². The molecule has 1 aromatic rings. The normalized spacial score (nSPS) is 10.5. The molecule has 0 atom stereocenters. The number of hydrogen-bond acceptors (Lipinski definition) is 3. The molecule has 0 aliphatic heterocycles. The fourth-order valence-electron chi connectivity index (χ4n) is 1.45. The van der Waals surface area contributed by atoms with Gasteiger partial charge in [0.1, 0.15) is 0 Å². The van der Waals surface area contributed by atoms with Crippen molar-refractivity contribution in [1.82, 2.24) is 4.90 Å². The number of carboxylic acid groups (broad SMARTS) is 1. The zero-order chi connectivity index (χ0) is 14.4. The van der Waals surface area contributed by atoms with Crippen LogP contribution in [-0.2, 0) is 9.59 Å². The molecule has 0 saturated carbocycles. The number of carbonyl (C=O) groups is 2. The van der Waals surface area contributed by atoms with Gasteiger partial charge in [-0.2, -0.15) is 0 Å². The van der Waals surface area contributed by atoms with Gasteiger partial charge in [-0.25, -0.2) is 0 Å². The Labute approximate surface area is 121 Å². The van der Waals surface area contributed by atoms with Crippen molar-refractivity contribution in [2.75, 3.05) is 25.0 Å². The predicted octanol–water partition coefficient (Wildman–Crippen LogP) is 2.34. The summed E-state index contributed by atoms with van der Waals surface area (Å²) in [5, 5.41) is 12.1. The summed E-state index contributed by atoms with van der Waals surface area (Å²) in [4.78, 5) is 23.8. The van der Waals surface area contributed by atoms with Gasteiger partial charge in [-0.3, -0.25) is 14.5 Å². The van der Waals surface area contributed by atoms with Gasteiger partial charge in [0.05, 0.1) is 23.1 Å². The summed E-state index contributed by atoms with van der Waals surface area (Å²) in [6.45, 7) is 2.09. The number of carbonyl (C=O) groups excluding carboxylic acids is 1. The Hall–Kier alpha value is -1.30. The Balaban J connectivity index is 2.58. The number of benzene rings is 1. The molecule has 0 heterocycles. The summed E-state index contributed by atoms with van der Waals surface area (Å²) in [6, 6.07) is 4.74. The Morgan fingerprint density at radius 2 is 1.95 bits per heavy atom. The van der Waals surface area contributed by atoms with Gasteiger partial charge < -0.3 is 10.4 Å². The summed E-state index contributed by atoms with van der Waals surface area (Å²) in [5.41, 5.74) is 0.519. The van der Waals surface area contributed by atoms with E-state index in [1.807, 2.05) is 0 Å². The number of nitrogens with zero attached hydrogens (tertiary/aromatic N) is 1. The number of hydrogen-bond donors (Lipinski definition) is 2. The molecule has 0 bridgehead atoms. The zero-order valence-electron chi connectivity index (χ0n) is 10.3. The number of amides is 1. The quantitative estimate of drug-likeness (QED) is 0.846. The molecule has 0 unspecified atom stereocenters. The molecule has 0 aliphatic rings. The highest BCUT2D eigenvalue weighted by Crippen LogP contribution is 2.24. The van der Waals surface area contributed by atoms with Crippen LogP contribution in [-0.4, -0.2) is 41.5 Å². The molecule has 1 rings (SSSR count). The van der Waals surface area contributed by atoms with E-state index in [2.05, 4.69) is 5.32 Å². The van der Waals surface area contributed by atoms with E-state index in [1.165, 1.54) is 11.0 Å². The molecule has 0 aliphatic carbocycles. The van der Waals surface area contributed by atoms with Crippen LogP contribution in [0.2, 0.25) is 10.0 Å². The first-order chi connectivity index (χ1) is 8.92. The number of carboxylic acids is 1. The molecule has 0 fully saturated rings. The molecule has 0 radical (unpaired) electrons. The third-order valence-electron chi connectivity index (χ3n) is 2.38. The van der Waals surface area contributed by atoms with Crippen molar-refractivity contribution in [2.45, 2.75) is 6.92 Å². The minimum atomic E-state index is -0.968. The SMILES string of the molecule is CCN(CC(=O)O)CC(=O)Nc1ccc(Cl)c(Cl)c1. The van der Waals surface area contributed by atoms with Crippen molar-refractivity contribution < 1.29 is 14.7 Å². The minimum Gasteiger partial charge on any atom is -0.480 e. The lowest BCUT2D eigenvalue weighted by atomic mass is 10.3. The average molecular weight is 305 g/mol. The molecule has 0 saturated heterocycles. The Morgan fingerprint density at radius 1 is 1.26 bits per heavy atom. The van der Waals surface area contributed by atoms with Gasteiger partial charge in [0.2, 0.25) is 5.91 Å². The second-order valence-electron chi connectivity index (χ2n) is 3.87. The highest BCUT2D eigenvalue weighted by atomic mass is 35.5. The number of halogens is 2. The lowest BCUT2D eigenvalue weighted by Crippen LogP contribution is -2.36. The Bertz CT molecular complexity index is 480. The molecular formula is C12H14Cl2N2O3. The molecule has 0 aromatic heterocycles. The van der Waals surface area contributed by atoms with E-state index < -0.39 is 5.97 Å². The molecule has 19 heavy (non-hydrogen) atoms. The smallest absolute Gasteiger partial charge is 0.317 e. The lowest BCUT2D eigenvalue weighted by molar-refractivity contribution is -0.138. The predicted molar refractivity (Wildman–Crippen MR) is 74.8 cm³/mol. The van der Waals surface area contributed by atoms with E-state index in [0.29, 0.717) is 22.3 Å². The molecule has 5 nitrogen and oxygen atoms in total. The third-order valence-corrected chi connectivity index (χ3v) is 3.12. The van der Waals surface area contributed by atoms with Crippen LogP contribution in [0.1, 0.15) is 6.92 Å². The van der Waals surface area contributed by atoms with Crippen molar-refractivity contribution in [3.63, 3.8) is 0 Å². The maximum absolute atomic E-state index is 11.7. The van der Waals surface area contributed by atoms with Crippen molar-refractivity contribution in [3.8, 4) is 0 Å². The van der Waals surface area contributed by atoms with Crippen LogP contribution in [0.15, 0.2) is 18.2 Å². The van der Waals surface area contributed by atoms with Crippen LogP contribution < -0.4 is 5.32 Å². The largest absolute Gasteiger partial charge is 0.480 e. The first kappa shape index (κ1) is 15.8. The maximum atomic E-state index is 11.7. The minimum absolute atomic E-state index is 0.00302. The van der Waals surface area contributed by atoms with E-state index in [0.717, 1.165) is 0 Å². The van der Waals surface area contributed by atoms with Gasteiger partial charge in [0, 0.05) is 5.69 Å². The van der Waals surface area contributed by atoms with Crippen molar-refractivity contribution in [2.24, 2.45) is 0 Å². The zero-order valence-corrected chi connectivity index (χ0v) is 11.8. The van der Waals surface area contributed by atoms with E-state index in [-0.39, 0.29) is 19.0 Å². The van der Waals surface area contributed by atoms with Crippen molar-refractivity contribution in [3.05, 3.63) is 28.2 Å². The number of rotatable bonds is 6. The first-order valence-corrected chi connectivity index (χ1v) is 6.37. The van der Waals surface area contributed by atoms with Crippen LogP contribution in [0.3, 0.4) is 0 Å². The number of likely N-dealkylation sites (N-methyl/N-ethyl adjacent to an activating group) is 1. The highest BCUT2D eigenvalue weighted by Gasteiger charge is 2.12. The standard InChI is InChI=1S/C12H14Cl2N2O3/c1-2-16(7-12(18)19)6-11(17)15-8-3-4-9(13)10(14)5-8/h3-5H,2,6-7H2,1H3,(H,15,17)(H,18,19). The average Bonchev–Trinajstić information content (AvgIpc) is 2.32. The van der Waals surface area contributed by atoms with Crippen LogP contribution >= 0.6 is 23.2 Å². The van der Waals surface area contributed by atoms with Crippen LogP contribution in [0.5, 0.6) is 0 Å². The Kier molecular flexibility index (Phi) is 6.08. The third kappa shape index (κ3) is 5.46. The number of aliphatic carboxylic acids is 1. The van der Waals surface area contributed by atoms with Crippen LogP contribution in [0.4, 0.5) is 5.69 Å². The van der Waals surface area contributed by atoms with E-state index >= 15 is 0 Å². The van der Waals surface area contributed by atoms with Crippen molar-refractivity contribution >= 4 is 40.8 Å². The van der Waals surface area contributed by atoms with Gasteiger partial charge in [0.25, 0.3) is 0 Å². The molecule has 7 heteroatoms. The van der Waals surface area contributed by atoms with Crippen LogP contribution in [0.25, 0.3) is 0 Å². The second-order valence-corrected chi connectivity index (χ2v) is 4.69. The molecule has 104 valence electrons. The second kappa shape index (κ2) is 7.33. The van der Waals surface area contributed by atoms with Gasteiger partial charge in [-0.05, 0) is 24.7 Å². The molecular weight excluding hydrogens is 291 g/mol. The monoisotopic (exact) mass is 304 g/mol. The maximum Gasteiger partial charge on any atom is 0.317 e. The summed E-state index contributed by atoms with van der Waals surface area (Å²) in [7, 11) is 0. The van der Waals surface area contributed by atoms with E-state index in [4.69, 9.17) is 28.3 Å². The summed E-state index contributed by atoms with van der Waals surface area (Å²) in [5.74, 6) is -1.27. The number of anilines is 1. The lowest BCUT2D eigenvalue weighted by Gasteiger charge is -2.17. The summed E-state index contributed by atoms with van der Waals surface area (Å²) >= 11 is 11.6. The number of nitrogens with one attached hydrogen (secondary N) is 1.